The highest BCUT2D eigenvalue weighted by Crippen LogP contribution is 2.43. The minimum atomic E-state index is -0.649. The van der Waals surface area contributed by atoms with Crippen LogP contribution in [-0.2, 0) is 23.8 Å². The number of rotatable bonds is 11. The summed E-state index contributed by atoms with van der Waals surface area (Å²) >= 11 is 0. The summed E-state index contributed by atoms with van der Waals surface area (Å²) in [5.41, 5.74) is 1.01. The summed E-state index contributed by atoms with van der Waals surface area (Å²) in [5, 5.41) is 15.3. The standard InChI is InChI=1S/C29H46N2O6/c1-6-13-30-28(34)15-24-17-29(18-35-29)16-23(37-24)10-7-19(2)8-11-26-20(3)14-25(22(5)36-26)31-27(33)12-9-21(4)32/h7-10,12,20-26,32H,6,11,13-18H2,1-5H3,(H,30,34)(H,31,33). The van der Waals surface area contributed by atoms with Crippen molar-refractivity contribution in [2.75, 3.05) is 13.2 Å². The van der Waals surface area contributed by atoms with Gasteiger partial charge in [0, 0.05) is 25.5 Å². The van der Waals surface area contributed by atoms with E-state index in [1.54, 1.807) is 6.92 Å². The lowest BCUT2D eigenvalue weighted by atomic mass is 9.88. The molecule has 8 heteroatoms. The largest absolute Gasteiger partial charge is 0.389 e. The van der Waals surface area contributed by atoms with E-state index in [1.807, 2.05) is 13.8 Å². The first-order valence-electron chi connectivity index (χ1n) is 13.8. The summed E-state index contributed by atoms with van der Waals surface area (Å²) in [4.78, 5) is 24.3. The molecule has 0 bridgehead atoms. The van der Waals surface area contributed by atoms with Crippen LogP contribution in [0.5, 0.6) is 0 Å². The topological polar surface area (TPSA) is 109 Å². The van der Waals surface area contributed by atoms with Crippen LogP contribution >= 0.6 is 0 Å². The molecular weight excluding hydrogens is 472 g/mol. The molecule has 3 aliphatic rings. The molecule has 0 aliphatic carbocycles. The third kappa shape index (κ3) is 9.67. The van der Waals surface area contributed by atoms with Crippen LogP contribution in [-0.4, -0.2) is 72.2 Å². The van der Waals surface area contributed by atoms with Gasteiger partial charge in [-0.2, -0.15) is 0 Å². The van der Waals surface area contributed by atoms with E-state index in [0.717, 1.165) is 44.3 Å². The number of carbonyl (C=O) groups excluding carboxylic acids is 2. The molecule has 8 nitrogen and oxygen atoms in total. The number of nitrogens with one attached hydrogen (secondary N) is 2. The third-order valence-corrected chi connectivity index (χ3v) is 7.39. The lowest BCUT2D eigenvalue weighted by Gasteiger charge is -2.39. The van der Waals surface area contributed by atoms with E-state index in [-0.39, 0.29) is 47.9 Å². The summed E-state index contributed by atoms with van der Waals surface area (Å²) in [7, 11) is 0. The second-order valence-electron chi connectivity index (χ2n) is 11.1. The lowest BCUT2D eigenvalue weighted by Crippen LogP contribution is -2.50. The van der Waals surface area contributed by atoms with Gasteiger partial charge in [0.25, 0.3) is 0 Å². The number of allylic oxidation sites excluding steroid dienone is 2. The average molecular weight is 519 g/mol. The van der Waals surface area contributed by atoms with Crippen molar-refractivity contribution in [1.82, 2.24) is 10.6 Å². The molecule has 0 saturated carbocycles. The van der Waals surface area contributed by atoms with Crippen LogP contribution in [0.15, 0.2) is 36.0 Å². The van der Waals surface area contributed by atoms with E-state index < -0.39 is 6.10 Å². The Balaban J connectivity index is 1.48. The Bertz CT molecular complexity index is 862. The molecule has 0 aromatic heterocycles. The van der Waals surface area contributed by atoms with Crippen molar-refractivity contribution in [1.29, 1.82) is 0 Å². The molecule has 1 spiro atoms. The Labute approximate surface area is 221 Å². The zero-order valence-corrected chi connectivity index (χ0v) is 23.1. The average Bonchev–Trinajstić information content (AvgIpc) is 3.58. The number of aliphatic hydroxyl groups excluding tert-OH is 1. The van der Waals surface area contributed by atoms with Gasteiger partial charge in [0.2, 0.25) is 11.8 Å². The molecule has 0 aromatic rings. The number of epoxide rings is 1. The number of hydrogen-bond donors (Lipinski definition) is 3. The van der Waals surface area contributed by atoms with Gasteiger partial charge in [0.1, 0.15) is 0 Å². The van der Waals surface area contributed by atoms with Crippen molar-refractivity contribution in [3.8, 4) is 0 Å². The second-order valence-corrected chi connectivity index (χ2v) is 11.1. The molecule has 2 amide bonds. The van der Waals surface area contributed by atoms with Crippen LogP contribution in [0.1, 0.15) is 73.1 Å². The van der Waals surface area contributed by atoms with Gasteiger partial charge in [0.05, 0.1) is 55.2 Å². The maximum absolute atomic E-state index is 12.2. The van der Waals surface area contributed by atoms with Crippen molar-refractivity contribution in [2.45, 2.75) is 115 Å². The Kier molecular flexibility index (Phi) is 10.9. The predicted octanol–water partition coefficient (Wildman–Crippen LogP) is 3.35. The quantitative estimate of drug-likeness (QED) is 0.220. The molecule has 3 aliphatic heterocycles. The Morgan fingerprint density at radius 2 is 1.95 bits per heavy atom. The van der Waals surface area contributed by atoms with E-state index in [9.17, 15) is 14.7 Å². The van der Waals surface area contributed by atoms with Gasteiger partial charge in [-0.1, -0.05) is 43.7 Å². The molecule has 3 rings (SSSR count). The Morgan fingerprint density at radius 1 is 1.19 bits per heavy atom. The van der Waals surface area contributed by atoms with Gasteiger partial charge in [-0.3, -0.25) is 9.59 Å². The van der Waals surface area contributed by atoms with Crippen LogP contribution in [0.3, 0.4) is 0 Å². The highest BCUT2D eigenvalue weighted by atomic mass is 16.6. The van der Waals surface area contributed by atoms with Gasteiger partial charge in [-0.15, -0.1) is 0 Å². The third-order valence-electron chi connectivity index (χ3n) is 7.39. The fraction of sp³-hybridized carbons (Fsp3) is 0.724. The number of carbonyl (C=O) groups is 2. The molecule has 0 aromatic carbocycles. The van der Waals surface area contributed by atoms with E-state index >= 15 is 0 Å². The van der Waals surface area contributed by atoms with E-state index in [0.29, 0.717) is 18.9 Å². The minimum Gasteiger partial charge on any atom is -0.389 e. The van der Waals surface area contributed by atoms with Gasteiger partial charge >= 0.3 is 0 Å². The van der Waals surface area contributed by atoms with Crippen molar-refractivity contribution >= 4 is 11.8 Å². The van der Waals surface area contributed by atoms with Crippen molar-refractivity contribution in [3.05, 3.63) is 36.0 Å². The van der Waals surface area contributed by atoms with E-state index in [2.05, 4.69) is 42.7 Å². The Morgan fingerprint density at radius 3 is 2.62 bits per heavy atom. The summed E-state index contributed by atoms with van der Waals surface area (Å²) < 4.78 is 18.2. The first kappa shape index (κ1) is 29.6. The van der Waals surface area contributed by atoms with Crippen LogP contribution in [0.25, 0.3) is 0 Å². The van der Waals surface area contributed by atoms with Crippen molar-refractivity contribution < 1.29 is 28.9 Å². The number of amides is 2. The summed E-state index contributed by atoms with van der Waals surface area (Å²) in [5.74, 6) is 0.126. The predicted molar refractivity (Wildman–Crippen MR) is 143 cm³/mol. The maximum Gasteiger partial charge on any atom is 0.244 e. The Hall–Kier alpha value is -2.00. The van der Waals surface area contributed by atoms with Gasteiger partial charge in [-0.25, -0.2) is 0 Å². The van der Waals surface area contributed by atoms with E-state index in [1.165, 1.54) is 12.2 Å². The second kappa shape index (κ2) is 13.7. The summed E-state index contributed by atoms with van der Waals surface area (Å²) in [6.07, 6.45) is 12.9. The fourth-order valence-corrected chi connectivity index (χ4v) is 5.12. The zero-order chi connectivity index (χ0) is 27.0. The molecule has 3 saturated heterocycles. The molecule has 0 radical (unpaired) electrons. The highest BCUT2D eigenvalue weighted by Gasteiger charge is 2.51. The molecule has 37 heavy (non-hydrogen) atoms. The number of hydrogen-bond acceptors (Lipinski definition) is 6. The smallest absolute Gasteiger partial charge is 0.244 e. The molecule has 3 N–H and O–H groups in total. The van der Waals surface area contributed by atoms with E-state index in [4.69, 9.17) is 14.2 Å². The molecule has 8 unspecified atom stereocenters. The first-order valence-corrected chi connectivity index (χ1v) is 13.8. The normalized spacial score (nSPS) is 35.1. The minimum absolute atomic E-state index is 0.0391. The monoisotopic (exact) mass is 518 g/mol. The number of ether oxygens (including phenoxy) is 3. The highest BCUT2D eigenvalue weighted by molar-refractivity contribution is 5.87. The molecular formula is C29H46N2O6. The fourth-order valence-electron chi connectivity index (χ4n) is 5.12. The molecule has 8 atom stereocenters. The van der Waals surface area contributed by atoms with Gasteiger partial charge < -0.3 is 30.0 Å². The van der Waals surface area contributed by atoms with Crippen molar-refractivity contribution in [3.63, 3.8) is 0 Å². The van der Waals surface area contributed by atoms with Crippen LogP contribution < -0.4 is 10.6 Å². The lowest BCUT2D eigenvalue weighted by molar-refractivity contribution is -0.127. The molecule has 3 heterocycles. The van der Waals surface area contributed by atoms with Crippen molar-refractivity contribution in [2.24, 2.45) is 5.92 Å². The van der Waals surface area contributed by atoms with Gasteiger partial charge in [-0.05, 0) is 46.0 Å². The molecule has 208 valence electrons. The van der Waals surface area contributed by atoms with Crippen LogP contribution in [0.2, 0.25) is 0 Å². The van der Waals surface area contributed by atoms with Gasteiger partial charge in [0.15, 0.2) is 0 Å². The maximum atomic E-state index is 12.2. The molecule has 3 fully saturated rings. The van der Waals surface area contributed by atoms with Crippen LogP contribution in [0, 0.1) is 5.92 Å². The first-order chi connectivity index (χ1) is 17.6. The van der Waals surface area contributed by atoms with Crippen LogP contribution in [0.4, 0.5) is 0 Å². The SMILES string of the molecule is CCCNC(=O)CC1CC2(CO2)CC(C=CC(C)=CCC2OC(C)C(NC(=O)C=CC(C)O)CC2C)O1. The number of aliphatic hydroxyl groups is 1. The summed E-state index contributed by atoms with van der Waals surface area (Å²) in [6, 6.07) is -0.0558. The summed E-state index contributed by atoms with van der Waals surface area (Å²) in [6.45, 7) is 11.3. The zero-order valence-electron chi connectivity index (χ0n) is 23.1.